The second kappa shape index (κ2) is 11.0. The fourth-order valence-electron chi connectivity index (χ4n) is 4.87. The van der Waals surface area contributed by atoms with Gasteiger partial charge in [0.1, 0.15) is 22.9 Å². The summed E-state index contributed by atoms with van der Waals surface area (Å²) < 4.78 is 83.5. The fourth-order valence-corrected chi connectivity index (χ4v) is 6.25. The normalized spacial score (nSPS) is 20.4. The van der Waals surface area contributed by atoms with Crippen LogP contribution in [0, 0.1) is 5.82 Å². The molecular weight excluding hydrogens is 546 g/mol. The molecule has 2 aromatic carbocycles. The molecule has 0 saturated heterocycles. The third-order valence-corrected chi connectivity index (χ3v) is 8.34. The van der Waals surface area contributed by atoms with Crippen LogP contribution in [0.15, 0.2) is 59.9 Å². The van der Waals surface area contributed by atoms with E-state index in [1.54, 1.807) is 6.07 Å². The lowest BCUT2D eigenvalue weighted by atomic mass is 9.76. The van der Waals surface area contributed by atoms with Gasteiger partial charge in [0, 0.05) is 18.3 Å². The number of likely N-dealkylation sites (N-methyl/N-ethyl adjacent to an activating group) is 1. The molecule has 0 aliphatic heterocycles. The van der Waals surface area contributed by atoms with E-state index in [0.717, 1.165) is 24.5 Å². The first-order chi connectivity index (χ1) is 17.9. The summed E-state index contributed by atoms with van der Waals surface area (Å²) >= 11 is 6.37. The van der Waals surface area contributed by atoms with Gasteiger partial charge in [0.15, 0.2) is 0 Å². The van der Waals surface area contributed by atoms with Gasteiger partial charge >= 0.3 is 6.18 Å². The third kappa shape index (κ3) is 6.19. The van der Waals surface area contributed by atoms with E-state index in [0.29, 0.717) is 19.3 Å². The van der Waals surface area contributed by atoms with Gasteiger partial charge in [-0.1, -0.05) is 29.8 Å². The molecule has 4 rings (SSSR count). The molecule has 7 nitrogen and oxygen atoms in total. The van der Waals surface area contributed by atoms with Crippen LogP contribution in [-0.4, -0.2) is 49.5 Å². The van der Waals surface area contributed by atoms with Gasteiger partial charge in [-0.2, -0.15) is 13.2 Å². The lowest BCUT2D eigenvalue weighted by Gasteiger charge is -2.41. The summed E-state index contributed by atoms with van der Waals surface area (Å²) in [5, 5.41) is 3.18. The maximum absolute atomic E-state index is 15.0. The summed E-state index contributed by atoms with van der Waals surface area (Å²) in [5.41, 5.74) is -0.178. The number of rotatable bonds is 7. The van der Waals surface area contributed by atoms with E-state index >= 15 is 4.39 Å². The Balaban J connectivity index is 1.55. The number of anilines is 2. The Labute approximate surface area is 223 Å². The van der Waals surface area contributed by atoms with Crippen LogP contribution in [0.5, 0.6) is 0 Å². The molecule has 1 fully saturated rings. The molecule has 1 aromatic heterocycles. The molecule has 1 saturated carbocycles. The summed E-state index contributed by atoms with van der Waals surface area (Å²) in [5.74, 6) is -1.37. The van der Waals surface area contributed by atoms with Crippen molar-refractivity contribution >= 4 is 33.1 Å². The highest BCUT2D eigenvalue weighted by atomic mass is 35.5. The predicted octanol–water partition coefficient (Wildman–Crippen LogP) is 5.77. The van der Waals surface area contributed by atoms with Gasteiger partial charge in [-0.05, 0) is 69.1 Å². The Hall–Kier alpha value is -2.96. The van der Waals surface area contributed by atoms with Gasteiger partial charge in [-0.25, -0.2) is 22.8 Å². The highest BCUT2D eigenvalue weighted by molar-refractivity contribution is 7.92. The van der Waals surface area contributed by atoms with Crippen LogP contribution in [0.25, 0.3) is 0 Å². The molecule has 13 heteroatoms. The van der Waals surface area contributed by atoms with Crippen molar-refractivity contribution in [2.45, 2.75) is 48.3 Å². The van der Waals surface area contributed by atoms with E-state index in [-0.39, 0.29) is 40.1 Å². The highest BCUT2D eigenvalue weighted by Crippen LogP contribution is 2.42. The number of nitrogens with one attached hydrogen (secondary N) is 2. The Kier molecular flexibility index (Phi) is 8.15. The lowest BCUT2D eigenvalue weighted by molar-refractivity contribution is -0.138. The van der Waals surface area contributed by atoms with Gasteiger partial charge in [0.2, 0.25) is 0 Å². The number of nitrogens with zero attached hydrogens (tertiary/aromatic N) is 3. The standard InChI is InChI=1S/C25H26ClF4N5O2S/c1-35(2)22-11-15(16-5-3-4-6-17(16)25(28,29)30)7-8-20(22)33-21-13-19(27)23(12-18(21)26)38(36,37)34-24-9-10-31-14-32-24/h3-6,9-10,12-15,20,22,33H,7-8,11H2,1-2H3,(H,31,32,34)/t15-,20?,22-/m0/s1. The first-order valence-electron chi connectivity index (χ1n) is 11.7. The van der Waals surface area contributed by atoms with Gasteiger partial charge in [-0.15, -0.1) is 0 Å². The molecule has 204 valence electrons. The van der Waals surface area contributed by atoms with Gasteiger partial charge in [-0.3, -0.25) is 4.72 Å². The molecule has 1 aliphatic carbocycles. The van der Waals surface area contributed by atoms with Crippen LogP contribution in [0.2, 0.25) is 5.02 Å². The monoisotopic (exact) mass is 571 g/mol. The van der Waals surface area contributed by atoms with Crippen molar-refractivity contribution in [2.75, 3.05) is 24.1 Å². The number of alkyl halides is 3. The minimum Gasteiger partial charge on any atom is -0.379 e. The predicted molar refractivity (Wildman–Crippen MR) is 137 cm³/mol. The molecular formula is C25H26ClF4N5O2S. The van der Waals surface area contributed by atoms with E-state index in [1.165, 1.54) is 24.4 Å². The zero-order valence-electron chi connectivity index (χ0n) is 20.5. The van der Waals surface area contributed by atoms with Gasteiger partial charge in [0.25, 0.3) is 10.0 Å². The maximum Gasteiger partial charge on any atom is 0.416 e. The van der Waals surface area contributed by atoms with Crippen molar-refractivity contribution in [1.82, 2.24) is 14.9 Å². The molecule has 0 amide bonds. The van der Waals surface area contributed by atoms with E-state index in [1.807, 2.05) is 19.0 Å². The summed E-state index contributed by atoms with van der Waals surface area (Å²) in [6.45, 7) is 0. The summed E-state index contributed by atoms with van der Waals surface area (Å²) in [7, 11) is -0.667. The van der Waals surface area contributed by atoms with Crippen LogP contribution >= 0.6 is 11.6 Å². The molecule has 2 N–H and O–H groups in total. The van der Waals surface area contributed by atoms with Crippen molar-refractivity contribution in [3.8, 4) is 0 Å². The number of sulfonamides is 1. The molecule has 0 bridgehead atoms. The second-order valence-electron chi connectivity index (χ2n) is 9.34. The zero-order chi connectivity index (χ0) is 27.7. The average molecular weight is 572 g/mol. The first-order valence-corrected chi connectivity index (χ1v) is 13.6. The van der Waals surface area contributed by atoms with Crippen molar-refractivity contribution in [2.24, 2.45) is 0 Å². The molecule has 1 heterocycles. The quantitative estimate of drug-likeness (QED) is 0.350. The lowest BCUT2D eigenvalue weighted by Crippen LogP contribution is -2.47. The molecule has 3 aromatic rings. The van der Waals surface area contributed by atoms with Crippen LogP contribution in [0.1, 0.15) is 36.3 Å². The number of hydrogen-bond donors (Lipinski definition) is 2. The molecule has 3 atom stereocenters. The first kappa shape index (κ1) is 28.1. The van der Waals surface area contributed by atoms with E-state index in [2.05, 4.69) is 20.0 Å². The van der Waals surface area contributed by atoms with Crippen molar-refractivity contribution in [3.63, 3.8) is 0 Å². The smallest absolute Gasteiger partial charge is 0.379 e. The second-order valence-corrected chi connectivity index (χ2v) is 11.4. The van der Waals surface area contributed by atoms with Crippen molar-refractivity contribution in [1.29, 1.82) is 0 Å². The number of aromatic nitrogens is 2. The molecule has 1 aliphatic rings. The zero-order valence-corrected chi connectivity index (χ0v) is 22.1. The van der Waals surface area contributed by atoms with Crippen LogP contribution in [0.4, 0.5) is 29.1 Å². The minimum atomic E-state index is -4.45. The number of hydrogen-bond acceptors (Lipinski definition) is 6. The van der Waals surface area contributed by atoms with Crippen LogP contribution in [-0.2, 0) is 16.2 Å². The molecule has 0 radical (unpaired) electrons. The van der Waals surface area contributed by atoms with Crippen molar-refractivity contribution < 1.29 is 26.0 Å². The summed E-state index contributed by atoms with van der Waals surface area (Å²) in [6.07, 6.45) is -0.565. The summed E-state index contributed by atoms with van der Waals surface area (Å²) in [6, 6.07) is 8.49. The molecule has 38 heavy (non-hydrogen) atoms. The average Bonchev–Trinajstić information content (AvgIpc) is 2.86. The maximum atomic E-state index is 15.0. The minimum absolute atomic E-state index is 0.0171. The van der Waals surface area contributed by atoms with Gasteiger partial charge < -0.3 is 10.2 Å². The third-order valence-electron chi connectivity index (χ3n) is 6.66. The van der Waals surface area contributed by atoms with Crippen molar-refractivity contribution in [3.05, 3.63) is 77.0 Å². The number of benzene rings is 2. The van der Waals surface area contributed by atoms with Crippen LogP contribution in [0.3, 0.4) is 0 Å². The Bertz CT molecular complexity index is 1390. The SMILES string of the molecule is CN(C)[C@H]1C[C@@H](c2ccccc2C(F)(F)F)CCC1Nc1cc(F)c(S(=O)(=O)Nc2ccncn2)cc1Cl. The summed E-state index contributed by atoms with van der Waals surface area (Å²) in [4.78, 5) is 8.73. The van der Waals surface area contributed by atoms with E-state index < -0.39 is 32.5 Å². The number of halogens is 5. The Morgan fingerprint density at radius 1 is 1.11 bits per heavy atom. The molecule has 1 unspecified atom stereocenters. The topological polar surface area (TPSA) is 87.2 Å². The Morgan fingerprint density at radius 3 is 2.50 bits per heavy atom. The Morgan fingerprint density at radius 2 is 1.84 bits per heavy atom. The fraction of sp³-hybridized carbons (Fsp3) is 0.360. The largest absolute Gasteiger partial charge is 0.416 e. The molecule has 0 spiro atoms. The van der Waals surface area contributed by atoms with E-state index in [9.17, 15) is 21.6 Å². The van der Waals surface area contributed by atoms with Gasteiger partial charge in [0.05, 0.1) is 16.3 Å². The van der Waals surface area contributed by atoms with E-state index in [4.69, 9.17) is 11.6 Å². The van der Waals surface area contributed by atoms with Crippen LogP contribution < -0.4 is 10.0 Å². The highest BCUT2D eigenvalue weighted by Gasteiger charge is 2.39.